The maximum Gasteiger partial charge on any atom is 0.168 e. The van der Waals surface area contributed by atoms with Gasteiger partial charge in [-0.1, -0.05) is 18.5 Å². The summed E-state index contributed by atoms with van der Waals surface area (Å²) in [7, 11) is 0. The summed E-state index contributed by atoms with van der Waals surface area (Å²) in [6.45, 7) is 4.28. The molecule has 3 aliphatic rings. The fourth-order valence-corrected chi connectivity index (χ4v) is 3.89. The summed E-state index contributed by atoms with van der Waals surface area (Å²) >= 11 is 0. The lowest BCUT2D eigenvalue weighted by Gasteiger charge is -2.19. The van der Waals surface area contributed by atoms with Gasteiger partial charge in [0.15, 0.2) is 17.1 Å². The van der Waals surface area contributed by atoms with Crippen LogP contribution in [0, 0.1) is 0 Å². The van der Waals surface area contributed by atoms with E-state index in [9.17, 15) is 0 Å². The van der Waals surface area contributed by atoms with Crippen molar-refractivity contribution in [1.82, 2.24) is 0 Å². The van der Waals surface area contributed by atoms with E-state index in [4.69, 9.17) is 19.0 Å². The summed E-state index contributed by atoms with van der Waals surface area (Å²) in [5.74, 6) is 1.68. The fourth-order valence-electron chi connectivity index (χ4n) is 3.89. The highest BCUT2D eigenvalue weighted by Gasteiger charge is 2.43. The number of hydrogen-bond donors (Lipinski definition) is 0. The Balaban J connectivity index is 1.51. The highest BCUT2D eigenvalue weighted by atomic mass is 16.7. The van der Waals surface area contributed by atoms with E-state index in [2.05, 4.69) is 24.2 Å². The molecule has 2 heterocycles. The first-order chi connectivity index (χ1) is 12.8. The molecule has 1 atom stereocenters. The first-order valence-electron chi connectivity index (χ1n) is 10.0. The molecular weight excluding hydrogens is 330 g/mol. The average Bonchev–Trinajstić information content (AvgIpc) is 3.40. The Kier molecular flexibility index (Phi) is 5.34. The zero-order valence-corrected chi connectivity index (χ0v) is 15.7. The van der Waals surface area contributed by atoms with Gasteiger partial charge in [-0.3, -0.25) is 0 Å². The monoisotopic (exact) mass is 359 g/mol. The lowest BCUT2D eigenvalue weighted by atomic mass is 9.93. The summed E-state index contributed by atoms with van der Waals surface area (Å²) in [6, 6.07) is 6.17. The average molecular weight is 359 g/mol. The third-order valence-electron chi connectivity index (χ3n) is 5.53. The van der Waals surface area contributed by atoms with Crippen LogP contribution in [0.1, 0.15) is 63.9 Å². The molecule has 0 N–H and O–H groups in total. The molecule has 1 unspecified atom stereocenters. The van der Waals surface area contributed by atoms with E-state index in [1.165, 1.54) is 12.8 Å². The molecule has 1 aromatic rings. The molecule has 1 saturated heterocycles. The molecule has 5 nitrogen and oxygen atoms in total. The number of rotatable bonds is 7. The van der Waals surface area contributed by atoms with E-state index >= 15 is 0 Å². The van der Waals surface area contributed by atoms with Gasteiger partial charge in [0, 0.05) is 18.4 Å². The Labute approximate surface area is 155 Å². The molecule has 0 bridgehead atoms. The zero-order chi connectivity index (χ0) is 17.8. The lowest BCUT2D eigenvalue weighted by Crippen LogP contribution is -2.29. The topological polar surface area (TPSA) is 49.3 Å². The molecule has 5 heteroatoms. The molecule has 0 aromatic heterocycles. The molecule has 0 amide bonds. The molecule has 1 aromatic carbocycles. The standard InChI is InChI=1S/C21H29NO4/c1-2-3-11-24-19-9-8-16(13-20(19)25-17-6-4-5-7-17)18-14-21(26-22-18)10-12-23-15-21/h8-9,13,17H,2-7,10-12,14-15H2,1H3. The van der Waals surface area contributed by atoms with Crippen molar-refractivity contribution < 1.29 is 19.0 Å². The normalized spacial score (nSPS) is 25.5. The minimum atomic E-state index is -0.252. The second kappa shape index (κ2) is 7.87. The molecule has 2 aliphatic heterocycles. The predicted octanol–water partition coefficient (Wildman–Crippen LogP) is 4.47. The van der Waals surface area contributed by atoms with E-state index in [0.29, 0.717) is 12.7 Å². The summed E-state index contributed by atoms with van der Waals surface area (Å²) in [5, 5.41) is 4.36. The summed E-state index contributed by atoms with van der Waals surface area (Å²) in [5.41, 5.74) is 1.79. The van der Waals surface area contributed by atoms with Crippen LogP contribution in [0.3, 0.4) is 0 Å². The third-order valence-corrected chi connectivity index (χ3v) is 5.53. The molecular formula is C21H29NO4. The summed E-state index contributed by atoms with van der Waals surface area (Å²) in [4.78, 5) is 5.74. The summed E-state index contributed by atoms with van der Waals surface area (Å²) < 4.78 is 17.8. The molecule has 142 valence electrons. The van der Waals surface area contributed by atoms with Crippen molar-refractivity contribution >= 4 is 5.71 Å². The minimum absolute atomic E-state index is 0.252. The van der Waals surface area contributed by atoms with Gasteiger partial charge in [0.2, 0.25) is 0 Å². The summed E-state index contributed by atoms with van der Waals surface area (Å²) in [6.07, 6.45) is 8.93. The van der Waals surface area contributed by atoms with Crippen LogP contribution in [0.25, 0.3) is 0 Å². The van der Waals surface area contributed by atoms with Crippen molar-refractivity contribution in [3.05, 3.63) is 23.8 Å². The molecule has 4 rings (SSSR count). The Morgan fingerprint density at radius 2 is 2.12 bits per heavy atom. The van der Waals surface area contributed by atoms with Crippen LogP contribution in [0.4, 0.5) is 0 Å². The van der Waals surface area contributed by atoms with Gasteiger partial charge in [-0.25, -0.2) is 0 Å². The molecule has 1 spiro atoms. The number of unbranched alkanes of at least 4 members (excludes halogenated alkanes) is 1. The number of benzene rings is 1. The fraction of sp³-hybridized carbons (Fsp3) is 0.667. The van der Waals surface area contributed by atoms with Gasteiger partial charge in [0.05, 0.1) is 31.6 Å². The van der Waals surface area contributed by atoms with Gasteiger partial charge in [0.1, 0.15) is 0 Å². The van der Waals surface area contributed by atoms with Crippen LogP contribution >= 0.6 is 0 Å². The van der Waals surface area contributed by atoms with Crippen LogP contribution in [0.5, 0.6) is 11.5 Å². The maximum atomic E-state index is 6.31. The van der Waals surface area contributed by atoms with Crippen LogP contribution in [-0.2, 0) is 9.57 Å². The third kappa shape index (κ3) is 3.83. The van der Waals surface area contributed by atoms with E-state index in [-0.39, 0.29) is 5.60 Å². The van der Waals surface area contributed by atoms with Crippen molar-refractivity contribution in [3.63, 3.8) is 0 Å². The highest BCUT2D eigenvalue weighted by Crippen LogP contribution is 2.37. The Morgan fingerprint density at radius 1 is 1.23 bits per heavy atom. The number of nitrogens with zero attached hydrogens (tertiary/aromatic N) is 1. The van der Waals surface area contributed by atoms with Crippen molar-refractivity contribution in [2.24, 2.45) is 5.16 Å². The van der Waals surface area contributed by atoms with E-state index < -0.39 is 0 Å². The van der Waals surface area contributed by atoms with Crippen molar-refractivity contribution in [3.8, 4) is 11.5 Å². The van der Waals surface area contributed by atoms with Crippen molar-refractivity contribution in [1.29, 1.82) is 0 Å². The van der Waals surface area contributed by atoms with Gasteiger partial charge in [-0.2, -0.15) is 0 Å². The number of hydrogen-bond acceptors (Lipinski definition) is 5. The smallest absolute Gasteiger partial charge is 0.168 e. The number of ether oxygens (including phenoxy) is 3. The van der Waals surface area contributed by atoms with Gasteiger partial charge < -0.3 is 19.0 Å². The second-order valence-corrected chi connectivity index (χ2v) is 7.68. The first-order valence-corrected chi connectivity index (χ1v) is 10.0. The van der Waals surface area contributed by atoms with Crippen LogP contribution in [0.2, 0.25) is 0 Å². The van der Waals surface area contributed by atoms with Crippen LogP contribution < -0.4 is 9.47 Å². The lowest BCUT2D eigenvalue weighted by molar-refractivity contribution is -0.0237. The molecule has 2 fully saturated rings. The number of oxime groups is 1. The Bertz CT molecular complexity index is 645. The zero-order valence-electron chi connectivity index (χ0n) is 15.7. The van der Waals surface area contributed by atoms with Gasteiger partial charge in [0.25, 0.3) is 0 Å². The molecule has 1 saturated carbocycles. The minimum Gasteiger partial charge on any atom is -0.490 e. The van der Waals surface area contributed by atoms with E-state index in [1.54, 1.807) is 0 Å². The highest BCUT2D eigenvalue weighted by molar-refractivity contribution is 6.02. The molecule has 1 aliphatic carbocycles. The Morgan fingerprint density at radius 3 is 2.88 bits per heavy atom. The van der Waals surface area contributed by atoms with Gasteiger partial charge in [-0.05, 0) is 50.3 Å². The van der Waals surface area contributed by atoms with Crippen molar-refractivity contribution in [2.75, 3.05) is 19.8 Å². The molecule has 26 heavy (non-hydrogen) atoms. The SMILES string of the molecule is CCCCOc1ccc(C2=NOC3(CCOC3)C2)cc1OC1CCCC1. The van der Waals surface area contributed by atoms with Crippen LogP contribution in [0.15, 0.2) is 23.4 Å². The molecule has 0 radical (unpaired) electrons. The van der Waals surface area contributed by atoms with E-state index in [1.807, 2.05) is 6.07 Å². The van der Waals surface area contributed by atoms with Gasteiger partial charge in [-0.15, -0.1) is 0 Å². The maximum absolute atomic E-state index is 6.31. The predicted molar refractivity (Wildman–Crippen MR) is 100 cm³/mol. The van der Waals surface area contributed by atoms with Gasteiger partial charge >= 0.3 is 0 Å². The largest absolute Gasteiger partial charge is 0.490 e. The van der Waals surface area contributed by atoms with Crippen molar-refractivity contribution in [2.45, 2.75) is 70.0 Å². The van der Waals surface area contributed by atoms with E-state index in [0.717, 1.165) is 74.5 Å². The quantitative estimate of drug-likeness (QED) is 0.674. The van der Waals surface area contributed by atoms with Crippen LogP contribution in [-0.4, -0.2) is 37.2 Å². The second-order valence-electron chi connectivity index (χ2n) is 7.68. The first kappa shape index (κ1) is 17.7. The Hall–Kier alpha value is -1.75.